The van der Waals surface area contributed by atoms with Gasteiger partial charge in [0.25, 0.3) is 0 Å². The van der Waals surface area contributed by atoms with Crippen molar-refractivity contribution in [2.75, 3.05) is 11.9 Å². The first-order chi connectivity index (χ1) is 9.76. The smallest absolute Gasteiger partial charge is 0.333 e. The highest BCUT2D eigenvalue weighted by Gasteiger charge is 2.33. The summed E-state index contributed by atoms with van der Waals surface area (Å²) in [6.07, 6.45) is 1.68. The molecule has 118 valence electrons. The number of aromatic nitrogens is 2. The number of hydrogen-bond donors (Lipinski definition) is 2. The number of carbonyl (C=O) groups is 1. The lowest BCUT2D eigenvalue weighted by Gasteiger charge is -2.23. The monoisotopic (exact) mass is 298 g/mol. The summed E-state index contributed by atoms with van der Waals surface area (Å²) in [5.74, 6) is -0.680. The first-order valence-corrected chi connectivity index (χ1v) is 6.94. The maximum absolute atomic E-state index is 11.3. The van der Waals surface area contributed by atoms with Crippen LogP contribution in [-0.4, -0.2) is 32.3 Å². The molecule has 1 heterocycles. The van der Waals surface area contributed by atoms with Crippen molar-refractivity contribution in [1.82, 2.24) is 9.78 Å². The molecular formula is C13H22N4O4. The highest BCUT2D eigenvalue weighted by Crippen LogP contribution is 2.31. The Morgan fingerprint density at radius 2 is 2.14 bits per heavy atom. The molecule has 1 aromatic heterocycles. The largest absolute Gasteiger partial charge is 0.481 e. The zero-order valence-electron chi connectivity index (χ0n) is 12.8. The second kappa shape index (κ2) is 6.55. The Morgan fingerprint density at radius 3 is 2.57 bits per heavy atom. The molecule has 0 aliphatic carbocycles. The second-order valence-electron chi connectivity index (χ2n) is 5.35. The molecule has 1 atom stereocenters. The molecule has 0 saturated carbocycles. The van der Waals surface area contributed by atoms with E-state index in [1.54, 1.807) is 20.9 Å². The molecule has 1 rings (SSSR count). The predicted octanol–water partition coefficient (Wildman–Crippen LogP) is 2.19. The fraction of sp³-hybridized carbons (Fsp3) is 0.692. The number of aryl methyl sites for hydroxylation is 2. The van der Waals surface area contributed by atoms with Crippen LogP contribution >= 0.6 is 0 Å². The van der Waals surface area contributed by atoms with Crippen LogP contribution in [-0.2, 0) is 18.3 Å². The summed E-state index contributed by atoms with van der Waals surface area (Å²) in [6, 6.07) is 0. The van der Waals surface area contributed by atoms with Crippen molar-refractivity contribution >= 4 is 17.5 Å². The van der Waals surface area contributed by atoms with Crippen LogP contribution in [0.3, 0.4) is 0 Å². The van der Waals surface area contributed by atoms with Crippen molar-refractivity contribution in [2.24, 2.45) is 12.5 Å². The van der Waals surface area contributed by atoms with E-state index >= 15 is 0 Å². The van der Waals surface area contributed by atoms with E-state index in [4.69, 9.17) is 0 Å². The van der Waals surface area contributed by atoms with Crippen molar-refractivity contribution < 1.29 is 14.8 Å². The summed E-state index contributed by atoms with van der Waals surface area (Å²) in [5, 5.41) is 27.6. The Hall–Kier alpha value is -2.12. The minimum Gasteiger partial charge on any atom is -0.481 e. The van der Waals surface area contributed by atoms with E-state index in [1.807, 2.05) is 6.92 Å². The van der Waals surface area contributed by atoms with E-state index in [1.165, 1.54) is 4.68 Å². The first kappa shape index (κ1) is 16.9. The van der Waals surface area contributed by atoms with Gasteiger partial charge in [0.15, 0.2) is 0 Å². The van der Waals surface area contributed by atoms with Gasteiger partial charge in [-0.1, -0.05) is 20.3 Å². The lowest BCUT2D eigenvalue weighted by atomic mass is 9.88. The van der Waals surface area contributed by atoms with Crippen LogP contribution in [0.4, 0.5) is 11.5 Å². The van der Waals surface area contributed by atoms with Gasteiger partial charge < -0.3 is 10.4 Å². The highest BCUT2D eigenvalue weighted by molar-refractivity contribution is 5.75. The Morgan fingerprint density at radius 1 is 1.52 bits per heavy atom. The molecule has 0 saturated heterocycles. The van der Waals surface area contributed by atoms with Crippen molar-refractivity contribution in [3.05, 3.63) is 15.8 Å². The molecule has 1 aromatic rings. The van der Waals surface area contributed by atoms with E-state index in [2.05, 4.69) is 10.4 Å². The van der Waals surface area contributed by atoms with Gasteiger partial charge in [0.1, 0.15) is 5.69 Å². The van der Waals surface area contributed by atoms with Gasteiger partial charge in [0.05, 0.1) is 10.3 Å². The van der Waals surface area contributed by atoms with E-state index in [0.29, 0.717) is 18.5 Å². The zero-order valence-corrected chi connectivity index (χ0v) is 12.8. The van der Waals surface area contributed by atoms with Crippen LogP contribution in [0.1, 0.15) is 39.3 Å². The SMILES string of the molecule is CCCc1nn(C)c(NCC(C)(CC)C(=O)O)c1[N+](=O)[O-]. The van der Waals surface area contributed by atoms with Crippen molar-refractivity contribution in [3.63, 3.8) is 0 Å². The molecule has 0 aliphatic rings. The number of hydrogen-bond acceptors (Lipinski definition) is 5. The molecule has 0 aromatic carbocycles. The van der Waals surface area contributed by atoms with E-state index in [0.717, 1.165) is 6.42 Å². The number of nitro groups is 1. The average Bonchev–Trinajstić information content (AvgIpc) is 2.72. The summed E-state index contributed by atoms with van der Waals surface area (Å²) in [6.45, 7) is 5.41. The van der Waals surface area contributed by atoms with E-state index in [-0.39, 0.29) is 18.1 Å². The molecule has 0 radical (unpaired) electrons. The molecule has 0 fully saturated rings. The Kier molecular flexibility index (Phi) is 5.28. The van der Waals surface area contributed by atoms with Gasteiger partial charge in [-0.15, -0.1) is 0 Å². The molecule has 0 bridgehead atoms. The third kappa shape index (κ3) is 3.50. The fourth-order valence-electron chi connectivity index (χ4n) is 1.99. The topological polar surface area (TPSA) is 110 Å². The summed E-state index contributed by atoms with van der Waals surface area (Å²) in [7, 11) is 1.61. The maximum atomic E-state index is 11.3. The van der Waals surface area contributed by atoms with Gasteiger partial charge in [0, 0.05) is 13.6 Å². The lowest BCUT2D eigenvalue weighted by Crippen LogP contribution is -2.34. The van der Waals surface area contributed by atoms with Gasteiger partial charge in [0.2, 0.25) is 5.82 Å². The predicted molar refractivity (Wildman–Crippen MR) is 78.4 cm³/mol. The van der Waals surface area contributed by atoms with Crippen LogP contribution in [0.25, 0.3) is 0 Å². The molecule has 0 aliphatic heterocycles. The van der Waals surface area contributed by atoms with E-state index in [9.17, 15) is 20.0 Å². The van der Waals surface area contributed by atoms with Crippen LogP contribution in [0.5, 0.6) is 0 Å². The normalized spacial score (nSPS) is 13.7. The third-order valence-electron chi connectivity index (χ3n) is 3.70. The molecular weight excluding hydrogens is 276 g/mol. The van der Waals surface area contributed by atoms with Crippen LogP contribution < -0.4 is 5.32 Å². The standard InChI is InChI=1S/C13H22N4O4/c1-5-7-9-10(17(20)21)11(16(4)15-9)14-8-13(3,6-2)12(18)19/h14H,5-8H2,1-4H3,(H,18,19). The molecule has 8 nitrogen and oxygen atoms in total. The number of nitrogens with zero attached hydrogens (tertiary/aromatic N) is 3. The van der Waals surface area contributed by atoms with Crippen molar-refractivity contribution in [3.8, 4) is 0 Å². The molecule has 2 N–H and O–H groups in total. The molecule has 21 heavy (non-hydrogen) atoms. The lowest BCUT2D eigenvalue weighted by molar-refractivity contribution is -0.384. The summed E-state index contributed by atoms with van der Waals surface area (Å²) >= 11 is 0. The summed E-state index contributed by atoms with van der Waals surface area (Å²) in [5.41, 5.74) is -0.632. The Bertz CT molecular complexity index is 541. The van der Waals surface area contributed by atoms with Crippen LogP contribution in [0, 0.1) is 15.5 Å². The molecule has 0 spiro atoms. The quantitative estimate of drug-likeness (QED) is 0.562. The Balaban J connectivity index is 3.08. The number of anilines is 1. The number of carboxylic acid groups (broad SMARTS) is 1. The van der Waals surface area contributed by atoms with Gasteiger partial charge in [-0.3, -0.25) is 14.9 Å². The van der Waals surface area contributed by atoms with Gasteiger partial charge in [-0.2, -0.15) is 5.10 Å². The number of aliphatic carboxylic acids is 1. The van der Waals surface area contributed by atoms with Crippen molar-refractivity contribution in [2.45, 2.75) is 40.0 Å². The third-order valence-corrected chi connectivity index (χ3v) is 3.70. The molecule has 1 unspecified atom stereocenters. The highest BCUT2D eigenvalue weighted by atomic mass is 16.6. The van der Waals surface area contributed by atoms with E-state index < -0.39 is 16.3 Å². The molecule has 0 amide bonds. The van der Waals surface area contributed by atoms with Crippen LogP contribution in [0.15, 0.2) is 0 Å². The number of nitrogens with one attached hydrogen (secondary N) is 1. The number of carboxylic acids is 1. The summed E-state index contributed by atoms with van der Waals surface area (Å²) < 4.78 is 1.40. The van der Waals surface area contributed by atoms with Gasteiger partial charge >= 0.3 is 11.7 Å². The zero-order chi connectivity index (χ0) is 16.2. The van der Waals surface area contributed by atoms with Crippen LogP contribution in [0.2, 0.25) is 0 Å². The van der Waals surface area contributed by atoms with Gasteiger partial charge in [-0.25, -0.2) is 4.68 Å². The minimum atomic E-state index is -0.983. The molecule has 8 heteroatoms. The second-order valence-corrected chi connectivity index (χ2v) is 5.35. The summed E-state index contributed by atoms with van der Waals surface area (Å²) in [4.78, 5) is 22.1. The van der Waals surface area contributed by atoms with Gasteiger partial charge in [-0.05, 0) is 19.8 Å². The minimum absolute atomic E-state index is 0.0665. The first-order valence-electron chi connectivity index (χ1n) is 6.94. The fourth-order valence-corrected chi connectivity index (χ4v) is 1.99. The maximum Gasteiger partial charge on any atom is 0.333 e. The average molecular weight is 298 g/mol. The van der Waals surface area contributed by atoms with Crippen molar-refractivity contribution in [1.29, 1.82) is 0 Å². The Labute approximate surface area is 123 Å². The number of rotatable bonds is 8.